The summed E-state index contributed by atoms with van der Waals surface area (Å²) < 4.78 is 11.7. The van der Waals surface area contributed by atoms with Crippen molar-refractivity contribution in [3.05, 3.63) is 108 Å². The third kappa shape index (κ3) is 4.62. The van der Waals surface area contributed by atoms with Crippen LogP contribution in [0.2, 0.25) is 0 Å². The fourth-order valence-electron chi connectivity index (χ4n) is 3.72. The molecule has 0 aliphatic carbocycles. The number of amides is 2. The summed E-state index contributed by atoms with van der Waals surface area (Å²) in [6.45, 7) is 1.79. The highest BCUT2D eigenvalue weighted by atomic mass is 32.1. The lowest BCUT2D eigenvalue weighted by atomic mass is 10.1. The molecule has 1 saturated heterocycles. The van der Waals surface area contributed by atoms with Crippen molar-refractivity contribution in [1.29, 1.82) is 0 Å². The Bertz CT molecular complexity index is 1440. The molecule has 1 aliphatic heterocycles. The first-order chi connectivity index (χ1) is 17.0. The third-order valence-electron chi connectivity index (χ3n) is 5.49. The number of anilines is 1. The molecule has 1 aromatic heterocycles. The van der Waals surface area contributed by atoms with E-state index in [-0.39, 0.29) is 10.7 Å². The molecular formula is C28H20N2O4S. The standard InChI is InChI=1S/C28H20N2O4S/c1-18-20(17-25(33-18)19-8-4-2-5-9-19)16-24-26(31)29-28(35)30(27(24)32)21-12-14-23(15-13-21)34-22-10-6-3-7-11-22/h2-17H,1H3,(H,29,31,35). The van der Waals surface area contributed by atoms with E-state index >= 15 is 0 Å². The maximum atomic E-state index is 13.4. The van der Waals surface area contributed by atoms with Crippen molar-refractivity contribution < 1.29 is 18.7 Å². The lowest BCUT2D eigenvalue weighted by Gasteiger charge is -2.29. The van der Waals surface area contributed by atoms with E-state index < -0.39 is 11.8 Å². The van der Waals surface area contributed by atoms with E-state index in [2.05, 4.69) is 5.32 Å². The normalized spacial score (nSPS) is 14.8. The van der Waals surface area contributed by atoms with E-state index in [0.717, 1.165) is 5.56 Å². The van der Waals surface area contributed by atoms with Crippen molar-refractivity contribution in [3.63, 3.8) is 0 Å². The quantitative estimate of drug-likeness (QED) is 0.219. The highest BCUT2D eigenvalue weighted by molar-refractivity contribution is 7.80. The van der Waals surface area contributed by atoms with Gasteiger partial charge in [-0.3, -0.25) is 19.8 Å². The van der Waals surface area contributed by atoms with Crippen molar-refractivity contribution in [2.45, 2.75) is 6.92 Å². The predicted octanol–water partition coefficient (Wildman–Crippen LogP) is 5.88. The first kappa shape index (κ1) is 22.3. The van der Waals surface area contributed by atoms with Crippen LogP contribution >= 0.6 is 12.2 Å². The van der Waals surface area contributed by atoms with Gasteiger partial charge in [-0.15, -0.1) is 0 Å². The van der Waals surface area contributed by atoms with Crippen LogP contribution in [0.25, 0.3) is 17.4 Å². The van der Waals surface area contributed by atoms with Crippen LogP contribution in [-0.2, 0) is 9.59 Å². The van der Waals surface area contributed by atoms with Crippen molar-refractivity contribution in [2.24, 2.45) is 0 Å². The van der Waals surface area contributed by atoms with Crippen LogP contribution in [0, 0.1) is 6.92 Å². The minimum Gasteiger partial charge on any atom is -0.461 e. The van der Waals surface area contributed by atoms with Gasteiger partial charge in [0.15, 0.2) is 5.11 Å². The molecule has 0 unspecified atom stereocenters. The van der Waals surface area contributed by atoms with Gasteiger partial charge in [-0.25, -0.2) is 0 Å². The van der Waals surface area contributed by atoms with E-state index in [4.69, 9.17) is 21.4 Å². The molecule has 4 aromatic rings. The maximum Gasteiger partial charge on any atom is 0.270 e. The summed E-state index contributed by atoms with van der Waals surface area (Å²) in [5, 5.41) is 2.62. The Kier molecular flexibility index (Phi) is 5.99. The number of nitrogens with zero attached hydrogens (tertiary/aromatic N) is 1. The molecule has 0 radical (unpaired) electrons. The Morgan fingerprint density at radius 1 is 0.886 bits per heavy atom. The molecule has 0 bridgehead atoms. The predicted molar refractivity (Wildman–Crippen MR) is 138 cm³/mol. The first-order valence-electron chi connectivity index (χ1n) is 10.9. The molecule has 35 heavy (non-hydrogen) atoms. The number of hydrogen-bond donors (Lipinski definition) is 1. The van der Waals surface area contributed by atoms with Gasteiger partial charge in [-0.1, -0.05) is 48.5 Å². The van der Waals surface area contributed by atoms with Gasteiger partial charge in [0.2, 0.25) is 0 Å². The Hall–Kier alpha value is -4.49. The van der Waals surface area contributed by atoms with Crippen molar-refractivity contribution in [1.82, 2.24) is 5.32 Å². The van der Waals surface area contributed by atoms with Crippen molar-refractivity contribution in [3.8, 4) is 22.8 Å². The van der Waals surface area contributed by atoms with Crippen LogP contribution < -0.4 is 15.0 Å². The summed E-state index contributed by atoms with van der Waals surface area (Å²) in [6.07, 6.45) is 1.53. The average molecular weight is 481 g/mol. The zero-order valence-corrected chi connectivity index (χ0v) is 19.5. The van der Waals surface area contributed by atoms with Gasteiger partial charge in [0.05, 0.1) is 5.69 Å². The van der Waals surface area contributed by atoms with Crippen LogP contribution in [0.3, 0.4) is 0 Å². The van der Waals surface area contributed by atoms with E-state index in [1.54, 1.807) is 31.2 Å². The van der Waals surface area contributed by atoms with Crippen LogP contribution in [0.4, 0.5) is 5.69 Å². The number of para-hydroxylation sites is 1. The summed E-state index contributed by atoms with van der Waals surface area (Å²) in [5.74, 6) is 1.49. The number of hydrogen-bond acceptors (Lipinski definition) is 5. The number of thiocarbonyl (C=S) groups is 1. The van der Waals surface area contributed by atoms with Gasteiger partial charge in [-0.05, 0) is 67.7 Å². The molecule has 5 rings (SSSR count). The van der Waals surface area contributed by atoms with E-state index in [1.807, 2.05) is 66.7 Å². The number of ether oxygens (including phenoxy) is 1. The number of carbonyl (C=O) groups is 2. The molecule has 172 valence electrons. The van der Waals surface area contributed by atoms with Crippen molar-refractivity contribution >= 4 is 40.9 Å². The number of rotatable bonds is 5. The Morgan fingerprint density at radius 2 is 1.51 bits per heavy atom. The zero-order valence-electron chi connectivity index (χ0n) is 18.7. The molecule has 2 amide bonds. The molecule has 3 aromatic carbocycles. The third-order valence-corrected chi connectivity index (χ3v) is 5.77. The Labute approximate surface area is 207 Å². The summed E-state index contributed by atoms with van der Waals surface area (Å²) in [7, 11) is 0. The largest absolute Gasteiger partial charge is 0.461 e. The molecule has 0 atom stereocenters. The Balaban J connectivity index is 1.42. The number of nitrogens with one attached hydrogen (secondary N) is 1. The number of benzene rings is 3. The molecule has 6 nitrogen and oxygen atoms in total. The van der Waals surface area contributed by atoms with Crippen molar-refractivity contribution in [2.75, 3.05) is 4.90 Å². The van der Waals surface area contributed by atoms with Crippen LogP contribution in [0.5, 0.6) is 11.5 Å². The minimum absolute atomic E-state index is 0.0165. The van der Waals surface area contributed by atoms with Gasteiger partial charge in [0.25, 0.3) is 11.8 Å². The molecule has 0 spiro atoms. The molecule has 7 heteroatoms. The monoisotopic (exact) mass is 480 g/mol. The van der Waals surface area contributed by atoms with Gasteiger partial charge in [-0.2, -0.15) is 0 Å². The Morgan fingerprint density at radius 3 is 2.20 bits per heavy atom. The molecule has 1 N–H and O–H groups in total. The summed E-state index contributed by atoms with van der Waals surface area (Å²) in [5.41, 5.74) is 2.02. The number of carbonyl (C=O) groups excluding carboxylic acids is 2. The second-order valence-corrected chi connectivity index (χ2v) is 8.24. The summed E-state index contributed by atoms with van der Waals surface area (Å²) >= 11 is 5.31. The lowest BCUT2D eigenvalue weighted by Crippen LogP contribution is -2.54. The maximum absolute atomic E-state index is 13.4. The lowest BCUT2D eigenvalue weighted by molar-refractivity contribution is -0.122. The summed E-state index contributed by atoms with van der Waals surface area (Å²) in [6, 6.07) is 27.7. The zero-order chi connectivity index (χ0) is 24.4. The second kappa shape index (κ2) is 9.40. The highest BCUT2D eigenvalue weighted by Crippen LogP contribution is 2.29. The van der Waals surface area contributed by atoms with Crippen LogP contribution in [0.1, 0.15) is 11.3 Å². The number of aryl methyl sites for hydroxylation is 1. The molecule has 1 fully saturated rings. The SMILES string of the molecule is Cc1oc(-c2ccccc2)cc1C=C1C(=O)NC(=S)N(c2ccc(Oc3ccccc3)cc2)C1=O. The highest BCUT2D eigenvalue weighted by Gasteiger charge is 2.34. The average Bonchev–Trinajstić information content (AvgIpc) is 3.24. The van der Waals surface area contributed by atoms with Gasteiger partial charge in [0.1, 0.15) is 28.6 Å². The smallest absolute Gasteiger partial charge is 0.270 e. The molecular weight excluding hydrogens is 460 g/mol. The molecule has 2 heterocycles. The fraction of sp³-hybridized carbons (Fsp3) is 0.0357. The van der Waals surface area contributed by atoms with Gasteiger partial charge < -0.3 is 9.15 Å². The first-order valence-corrected chi connectivity index (χ1v) is 11.3. The van der Waals surface area contributed by atoms with Crippen LogP contribution in [0.15, 0.2) is 101 Å². The van der Waals surface area contributed by atoms with E-state index in [9.17, 15) is 9.59 Å². The van der Waals surface area contributed by atoms with Crippen LogP contribution in [-0.4, -0.2) is 16.9 Å². The van der Waals surface area contributed by atoms with E-state index in [0.29, 0.717) is 34.3 Å². The molecule has 0 saturated carbocycles. The minimum atomic E-state index is -0.554. The molecule has 1 aliphatic rings. The fourth-order valence-corrected chi connectivity index (χ4v) is 4.00. The topological polar surface area (TPSA) is 71.8 Å². The van der Waals surface area contributed by atoms with Gasteiger partial charge in [0, 0.05) is 11.1 Å². The van der Waals surface area contributed by atoms with E-state index in [1.165, 1.54) is 11.0 Å². The second-order valence-electron chi connectivity index (χ2n) is 7.86. The number of furan rings is 1. The van der Waals surface area contributed by atoms with Gasteiger partial charge >= 0.3 is 0 Å². The summed E-state index contributed by atoms with van der Waals surface area (Å²) in [4.78, 5) is 27.3.